The minimum Gasteiger partial charge on any atom is -0.854 e. The second-order valence-corrected chi connectivity index (χ2v) is 5.24. The van der Waals surface area contributed by atoms with Gasteiger partial charge in [-0.1, -0.05) is 23.3 Å². The molecule has 2 atom stereocenters. The molecule has 1 rings (SSSR count). The number of rotatable bonds is 6. The van der Waals surface area contributed by atoms with Crippen molar-refractivity contribution in [2.75, 3.05) is 33.7 Å². The van der Waals surface area contributed by atoms with Crippen LogP contribution in [0.3, 0.4) is 0 Å². The fraction of sp³-hybridized carbons (Fsp3) is 0.500. The molecule has 19 heavy (non-hydrogen) atoms. The summed E-state index contributed by atoms with van der Waals surface area (Å²) in [6, 6.07) is 9.83. The van der Waals surface area contributed by atoms with Crippen LogP contribution in [-0.2, 0) is 0 Å². The highest BCUT2D eigenvalue weighted by atomic mass is 16.3. The summed E-state index contributed by atoms with van der Waals surface area (Å²) in [4.78, 5) is 0. The molecule has 1 aromatic rings. The Labute approximate surface area is 115 Å². The van der Waals surface area contributed by atoms with E-state index >= 15 is 0 Å². The molecule has 0 aromatic heterocycles. The molecule has 0 fully saturated rings. The summed E-state index contributed by atoms with van der Waals surface area (Å²) in [5, 5.41) is 16.4. The van der Waals surface area contributed by atoms with E-state index in [-0.39, 0.29) is 21.6 Å². The van der Waals surface area contributed by atoms with Crippen LogP contribution in [0.4, 0.5) is 5.69 Å². The van der Waals surface area contributed by atoms with Gasteiger partial charge in [0.2, 0.25) is 0 Å². The Hall–Kier alpha value is -1.43. The lowest BCUT2D eigenvalue weighted by Gasteiger charge is -2.32. The fourth-order valence-electron chi connectivity index (χ4n) is 1.76. The first-order chi connectivity index (χ1) is 8.83. The van der Waals surface area contributed by atoms with E-state index in [1.807, 2.05) is 58.3 Å². The molecule has 0 aliphatic heterocycles. The SMILES string of the molecule is CC[N+](C)(N)C/C([O-])=N\[N+](C)(CC)c1ccccc1. The first-order valence-electron chi connectivity index (χ1n) is 6.63. The minimum atomic E-state index is -0.167. The van der Waals surface area contributed by atoms with E-state index in [4.69, 9.17) is 5.84 Å². The first-order valence-corrected chi connectivity index (χ1v) is 6.63. The predicted octanol–water partition coefficient (Wildman–Crippen LogP) is 0.658. The van der Waals surface area contributed by atoms with Crippen LogP contribution in [0.15, 0.2) is 35.4 Å². The van der Waals surface area contributed by atoms with Crippen LogP contribution in [0.25, 0.3) is 0 Å². The molecule has 5 nitrogen and oxygen atoms in total. The van der Waals surface area contributed by atoms with Gasteiger partial charge in [0.15, 0.2) is 5.69 Å². The van der Waals surface area contributed by atoms with Crippen molar-refractivity contribution in [1.82, 2.24) is 4.59 Å². The first kappa shape index (κ1) is 15.6. The number of likely N-dealkylation sites (N-methyl/N-ethyl adjacent to an activating group) is 1. The lowest BCUT2D eigenvalue weighted by Crippen LogP contribution is -2.56. The van der Waals surface area contributed by atoms with Gasteiger partial charge in [-0.05, 0) is 13.8 Å². The lowest BCUT2D eigenvalue weighted by molar-refractivity contribution is -0.913. The van der Waals surface area contributed by atoms with Gasteiger partial charge in [-0.25, -0.2) is 4.59 Å². The van der Waals surface area contributed by atoms with Crippen molar-refractivity contribution in [3.8, 4) is 0 Å². The van der Waals surface area contributed by atoms with Crippen molar-refractivity contribution in [3.05, 3.63) is 30.3 Å². The van der Waals surface area contributed by atoms with Crippen molar-refractivity contribution >= 4 is 11.6 Å². The molecule has 0 bridgehead atoms. The molecule has 0 saturated carbocycles. The zero-order valence-electron chi connectivity index (χ0n) is 12.3. The highest BCUT2D eigenvalue weighted by molar-refractivity contribution is 5.73. The Morgan fingerprint density at radius 2 is 1.74 bits per heavy atom. The molecule has 0 aliphatic rings. The Bertz CT molecular complexity index is 430. The maximum atomic E-state index is 12.1. The molecule has 1 aromatic carbocycles. The molecule has 0 heterocycles. The number of benzene rings is 1. The summed E-state index contributed by atoms with van der Waals surface area (Å²) >= 11 is 0. The smallest absolute Gasteiger partial charge is 0.158 e. The zero-order chi connectivity index (χ0) is 14.5. The Balaban J connectivity index is 2.98. The largest absolute Gasteiger partial charge is 0.854 e. The van der Waals surface area contributed by atoms with Crippen LogP contribution in [-0.4, -0.2) is 44.2 Å². The predicted molar refractivity (Wildman–Crippen MR) is 77.9 cm³/mol. The van der Waals surface area contributed by atoms with Gasteiger partial charge >= 0.3 is 0 Å². The fourth-order valence-corrected chi connectivity index (χ4v) is 1.76. The van der Waals surface area contributed by atoms with Gasteiger partial charge < -0.3 is 5.11 Å². The molecule has 2 unspecified atom stereocenters. The van der Waals surface area contributed by atoms with Gasteiger partial charge in [0.1, 0.15) is 13.1 Å². The van der Waals surface area contributed by atoms with E-state index in [0.717, 1.165) is 12.2 Å². The van der Waals surface area contributed by atoms with E-state index in [1.165, 1.54) is 0 Å². The van der Waals surface area contributed by atoms with E-state index in [2.05, 4.69) is 5.10 Å². The van der Waals surface area contributed by atoms with Crippen molar-refractivity contribution in [2.45, 2.75) is 13.8 Å². The minimum absolute atomic E-state index is 0.167. The average Bonchev–Trinajstić information content (AvgIpc) is 2.39. The number of quaternary nitrogens is 2. The van der Waals surface area contributed by atoms with E-state index < -0.39 is 0 Å². The third kappa shape index (κ3) is 4.31. The Kier molecular flexibility index (Phi) is 5.05. The van der Waals surface area contributed by atoms with Gasteiger partial charge in [-0.3, -0.25) is 0 Å². The van der Waals surface area contributed by atoms with Crippen LogP contribution < -0.4 is 15.5 Å². The van der Waals surface area contributed by atoms with Gasteiger partial charge in [-0.2, -0.15) is 10.4 Å². The highest BCUT2D eigenvalue weighted by Crippen LogP contribution is 2.20. The monoisotopic (exact) mass is 265 g/mol. The number of nitrogens with zero attached hydrogens (tertiary/aromatic N) is 3. The van der Waals surface area contributed by atoms with Crippen LogP contribution in [0.2, 0.25) is 0 Å². The van der Waals surface area contributed by atoms with Gasteiger partial charge in [0.05, 0.1) is 26.5 Å². The summed E-state index contributed by atoms with van der Waals surface area (Å²) < 4.78 is 0.421. The molecule has 0 radical (unpaired) electrons. The molecule has 0 amide bonds. The molecule has 106 valence electrons. The molecular formula is C14H25N4O+. The average molecular weight is 265 g/mol. The van der Waals surface area contributed by atoms with Crippen molar-refractivity contribution in [3.63, 3.8) is 0 Å². The highest BCUT2D eigenvalue weighted by Gasteiger charge is 2.23. The van der Waals surface area contributed by atoms with Crippen molar-refractivity contribution in [2.24, 2.45) is 10.9 Å². The Morgan fingerprint density at radius 1 is 1.16 bits per heavy atom. The number of nitrogens with two attached hydrogens (primary N) is 1. The Morgan fingerprint density at radius 3 is 2.21 bits per heavy atom. The lowest BCUT2D eigenvalue weighted by atomic mass is 10.3. The summed E-state index contributed by atoms with van der Waals surface area (Å²) in [7, 11) is 3.76. The molecule has 0 saturated heterocycles. The van der Waals surface area contributed by atoms with Crippen molar-refractivity contribution in [1.29, 1.82) is 0 Å². The normalized spacial score (nSPS) is 18.7. The topological polar surface area (TPSA) is 61.4 Å². The standard InChI is InChI=1S/C14H25N4O/c1-5-17(3,15)12-14(19)16-18(4,6-2)13-10-8-7-9-11-13/h7-11H,5-6,12,15H2,1-4H3/q+1. The summed E-state index contributed by atoms with van der Waals surface area (Å²) in [6.07, 6.45) is 0. The molecule has 2 N–H and O–H groups in total. The van der Waals surface area contributed by atoms with E-state index in [0.29, 0.717) is 6.54 Å². The van der Waals surface area contributed by atoms with Crippen molar-refractivity contribution < 1.29 is 9.70 Å². The van der Waals surface area contributed by atoms with Crippen LogP contribution in [0, 0.1) is 0 Å². The third-order valence-corrected chi connectivity index (χ3v) is 3.48. The van der Waals surface area contributed by atoms with Gasteiger partial charge in [0.25, 0.3) is 0 Å². The second kappa shape index (κ2) is 6.14. The molecule has 0 aliphatic carbocycles. The summed E-state index contributed by atoms with van der Waals surface area (Å²) in [5.41, 5.74) is 1.00. The van der Waals surface area contributed by atoms with Gasteiger partial charge in [0, 0.05) is 12.1 Å². The second-order valence-electron chi connectivity index (χ2n) is 5.24. The zero-order valence-corrected chi connectivity index (χ0v) is 12.3. The number of hydrogen-bond donors (Lipinski definition) is 1. The van der Waals surface area contributed by atoms with Crippen LogP contribution in [0.5, 0.6) is 0 Å². The molecule has 5 heteroatoms. The maximum Gasteiger partial charge on any atom is 0.158 e. The third-order valence-electron chi connectivity index (χ3n) is 3.48. The number of para-hydroxylation sites is 1. The van der Waals surface area contributed by atoms with E-state index in [1.54, 1.807) is 0 Å². The quantitative estimate of drug-likeness (QED) is 0.270. The maximum absolute atomic E-state index is 12.1. The molecule has 0 spiro atoms. The van der Waals surface area contributed by atoms with Crippen LogP contribution >= 0.6 is 0 Å². The summed E-state index contributed by atoms with van der Waals surface area (Å²) in [5.74, 6) is 5.80. The number of hydrogen-bond acceptors (Lipinski definition) is 3. The van der Waals surface area contributed by atoms with Crippen LogP contribution in [0.1, 0.15) is 13.8 Å². The van der Waals surface area contributed by atoms with Gasteiger partial charge in [-0.15, -0.1) is 0 Å². The summed E-state index contributed by atoms with van der Waals surface area (Å²) in [6.45, 7) is 5.61. The van der Waals surface area contributed by atoms with E-state index in [9.17, 15) is 5.11 Å². The molecular weight excluding hydrogens is 240 g/mol.